The largest absolute Gasteiger partial charge is 0.494 e. The lowest BCUT2D eigenvalue weighted by atomic mass is 9.74. The van der Waals surface area contributed by atoms with Crippen LogP contribution in [-0.4, -0.2) is 25.2 Å². The van der Waals surface area contributed by atoms with Gasteiger partial charge in [0, 0.05) is 25.2 Å². The number of fused-ring (bicyclic) bond motifs is 1. The molecule has 0 aromatic carbocycles. The molecule has 2 aliphatic rings. The maximum absolute atomic E-state index is 5.91. The Morgan fingerprint density at radius 1 is 1.50 bits per heavy atom. The van der Waals surface area contributed by atoms with Crippen molar-refractivity contribution in [2.75, 3.05) is 20.2 Å². The highest BCUT2D eigenvalue weighted by atomic mass is 35.5. The fourth-order valence-corrected chi connectivity index (χ4v) is 2.67. The Morgan fingerprint density at radius 3 is 3.12 bits per heavy atom. The van der Waals surface area contributed by atoms with Crippen LogP contribution in [0.15, 0.2) is 18.3 Å². The van der Waals surface area contributed by atoms with Gasteiger partial charge in [-0.1, -0.05) is 17.7 Å². The molecule has 0 amide bonds. The lowest BCUT2D eigenvalue weighted by Crippen LogP contribution is -2.22. The summed E-state index contributed by atoms with van der Waals surface area (Å²) in [6.07, 6.45) is 4.14. The molecule has 0 unspecified atom stereocenters. The van der Waals surface area contributed by atoms with Crippen LogP contribution in [0.5, 0.6) is 5.75 Å². The van der Waals surface area contributed by atoms with Crippen LogP contribution < -0.4 is 10.1 Å². The first-order valence-electron chi connectivity index (χ1n) is 5.42. The average Bonchev–Trinajstić information content (AvgIpc) is 2.63. The molecule has 3 rings (SSSR count). The van der Waals surface area contributed by atoms with E-state index in [-0.39, 0.29) is 0 Å². The third kappa shape index (κ3) is 1.43. The van der Waals surface area contributed by atoms with E-state index in [0.717, 1.165) is 18.7 Å². The van der Waals surface area contributed by atoms with Crippen molar-refractivity contribution in [2.24, 2.45) is 11.8 Å². The van der Waals surface area contributed by atoms with E-state index in [4.69, 9.17) is 16.3 Å². The molecule has 0 saturated carbocycles. The summed E-state index contributed by atoms with van der Waals surface area (Å²) in [7, 11) is 1.61. The van der Waals surface area contributed by atoms with Crippen molar-refractivity contribution in [3.8, 4) is 5.75 Å². The van der Waals surface area contributed by atoms with Gasteiger partial charge in [0.1, 0.15) is 0 Å². The molecular weight excluding hydrogens is 224 g/mol. The molecule has 0 spiro atoms. The van der Waals surface area contributed by atoms with Crippen LogP contribution in [0.25, 0.3) is 5.57 Å². The van der Waals surface area contributed by atoms with Crippen molar-refractivity contribution < 1.29 is 4.74 Å². The van der Waals surface area contributed by atoms with Crippen molar-refractivity contribution in [1.29, 1.82) is 0 Å². The number of rotatable bonds is 2. The van der Waals surface area contributed by atoms with E-state index in [0.29, 0.717) is 22.7 Å². The summed E-state index contributed by atoms with van der Waals surface area (Å²) in [4.78, 5) is 4.15. The Morgan fingerprint density at radius 2 is 2.38 bits per heavy atom. The van der Waals surface area contributed by atoms with Crippen molar-refractivity contribution in [3.05, 3.63) is 29.1 Å². The van der Waals surface area contributed by atoms with Gasteiger partial charge in [-0.05, 0) is 23.1 Å². The van der Waals surface area contributed by atoms with Gasteiger partial charge in [0.15, 0.2) is 10.9 Å². The molecule has 1 fully saturated rings. The third-order valence-corrected chi connectivity index (χ3v) is 3.70. The molecule has 84 valence electrons. The summed E-state index contributed by atoms with van der Waals surface area (Å²) in [6.45, 7) is 2.17. The lowest BCUT2D eigenvalue weighted by Gasteiger charge is -2.29. The Hall–Kier alpha value is -1.06. The van der Waals surface area contributed by atoms with Gasteiger partial charge in [-0.3, -0.25) is 0 Å². The number of pyridine rings is 1. The minimum absolute atomic E-state index is 0.423. The number of halogens is 1. The summed E-state index contributed by atoms with van der Waals surface area (Å²) in [5.74, 6) is 2.00. The van der Waals surface area contributed by atoms with Gasteiger partial charge in [0.2, 0.25) is 0 Å². The minimum atomic E-state index is 0.423. The summed E-state index contributed by atoms with van der Waals surface area (Å²) < 4.78 is 5.18. The zero-order valence-electron chi connectivity index (χ0n) is 9.03. The highest BCUT2D eigenvalue weighted by Gasteiger charge is 2.36. The molecule has 2 atom stereocenters. The van der Waals surface area contributed by atoms with Crippen LogP contribution in [0.3, 0.4) is 0 Å². The molecule has 1 saturated heterocycles. The zero-order chi connectivity index (χ0) is 11.1. The number of nitrogens with one attached hydrogen (secondary N) is 1. The van der Waals surface area contributed by atoms with Gasteiger partial charge in [-0.2, -0.15) is 0 Å². The summed E-state index contributed by atoms with van der Waals surface area (Å²) in [5, 5.41) is 3.82. The summed E-state index contributed by atoms with van der Waals surface area (Å²) in [6, 6.07) is 1.97. The zero-order valence-corrected chi connectivity index (χ0v) is 9.79. The number of ether oxygens (including phenoxy) is 1. The molecule has 1 aliphatic heterocycles. The van der Waals surface area contributed by atoms with Crippen molar-refractivity contribution in [2.45, 2.75) is 0 Å². The second-order valence-corrected chi connectivity index (χ2v) is 4.63. The van der Waals surface area contributed by atoms with Gasteiger partial charge in [-0.25, -0.2) is 4.98 Å². The van der Waals surface area contributed by atoms with E-state index >= 15 is 0 Å². The highest BCUT2D eigenvalue weighted by Crippen LogP contribution is 2.43. The standard InChI is InChI=1S/C12H13ClN2O/c1-16-11-3-8(5-15-12(11)13)9-2-7-4-14-6-10(7)9/h2-3,5,7,10,14H,4,6H2,1H3/t7-,10+/m0/s1. The van der Waals surface area contributed by atoms with E-state index < -0.39 is 0 Å². The van der Waals surface area contributed by atoms with Crippen LogP contribution in [0.1, 0.15) is 5.56 Å². The number of methoxy groups -OCH3 is 1. The van der Waals surface area contributed by atoms with Crippen LogP contribution in [0, 0.1) is 11.8 Å². The SMILES string of the molecule is COc1cc(C2=C[C@H]3CNC[C@@H]23)cnc1Cl. The quantitative estimate of drug-likeness (QED) is 0.798. The van der Waals surface area contributed by atoms with Crippen molar-refractivity contribution in [1.82, 2.24) is 10.3 Å². The normalized spacial score (nSPS) is 27.0. The van der Waals surface area contributed by atoms with Gasteiger partial charge < -0.3 is 10.1 Å². The minimum Gasteiger partial charge on any atom is -0.494 e. The molecule has 2 heterocycles. The Kier molecular flexibility index (Phi) is 2.37. The molecule has 1 N–H and O–H groups in total. The fraction of sp³-hybridized carbons (Fsp3) is 0.417. The van der Waals surface area contributed by atoms with Gasteiger partial charge in [-0.15, -0.1) is 0 Å². The van der Waals surface area contributed by atoms with Gasteiger partial charge >= 0.3 is 0 Å². The third-order valence-electron chi connectivity index (χ3n) is 3.41. The molecule has 16 heavy (non-hydrogen) atoms. The second kappa shape index (κ2) is 3.75. The Bertz CT molecular complexity index is 458. The van der Waals surface area contributed by atoms with Crippen LogP contribution in [0.4, 0.5) is 0 Å². The molecular formula is C12H13ClN2O. The van der Waals surface area contributed by atoms with E-state index in [9.17, 15) is 0 Å². The molecule has 1 aliphatic carbocycles. The number of aromatic nitrogens is 1. The van der Waals surface area contributed by atoms with Crippen molar-refractivity contribution in [3.63, 3.8) is 0 Å². The predicted octanol–water partition coefficient (Wildman–Crippen LogP) is 1.98. The predicted molar refractivity (Wildman–Crippen MR) is 63.6 cm³/mol. The fourth-order valence-electron chi connectivity index (χ4n) is 2.49. The smallest absolute Gasteiger partial charge is 0.171 e. The monoisotopic (exact) mass is 236 g/mol. The number of hydrogen-bond donors (Lipinski definition) is 1. The number of nitrogens with zero attached hydrogens (tertiary/aromatic N) is 1. The second-order valence-electron chi connectivity index (χ2n) is 4.27. The molecule has 1 aromatic rings. The first-order valence-corrected chi connectivity index (χ1v) is 5.79. The topological polar surface area (TPSA) is 34.1 Å². The first kappa shape index (κ1) is 10.1. The Balaban J connectivity index is 1.93. The van der Waals surface area contributed by atoms with E-state index in [1.165, 1.54) is 5.57 Å². The molecule has 0 radical (unpaired) electrons. The van der Waals surface area contributed by atoms with Crippen LogP contribution >= 0.6 is 11.6 Å². The van der Waals surface area contributed by atoms with E-state index in [1.54, 1.807) is 7.11 Å². The van der Waals surface area contributed by atoms with Crippen LogP contribution in [-0.2, 0) is 0 Å². The van der Waals surface area contributed by atoms with Gasteiger partial charge in [0.05, 0.1) is 7.11 Å². The maximum Gasteiger partial charge on any atom is 0.171 e. The van der Waals surface area contributed by atoms with E-state index in [1.807, 2.05) is 12.3 Å². The molecule has 0 bridgehead atoms. The number of hydrogen-bond acceptors (Lipinski definition) is 3. The molecule has 3 nitrogen and oxygen atoms in total. The lowest BCUT2D eigenvalue weighted by molar-refractivity contribution is 0.413. The Labute approximate surface area is 99.5 Å². The van der Waals surface area contributed by atoms with Gasteiger partial charge in [0.25, 0.3) is 0 Å². The molecule has 4 heteroatoms. The van der Waals surface area contributed by atoms with Crippen LogP contribution in [0.2, 0.25) is 5.15 Å². The summed E-state index contributed by atoms with van der Waals surface area (Å²) in [5.41, 5.74) is 2.50. The van der Waals surface area contributed by atoms with Crippen molar-refractivity contribution >= 4 is 17.2 Å². The maximum atomic E-state index is 5.91. The van der Waals surface area contributed by atoms with E-state index in [2.05, 4.69) is 16.4 Å². The highest BCUT2D eigenvalue weighted by molar-refractivity contribution is 6.30. The molecule has 1 aromatic heterocycles. The average molecular weight is 237 g/mol. The summed E-state index contributed by atoms with van der Waals surface area (Å²) >= 11 is 5.91. The first-order chi connectivity index (χ1) is 7.79.